The van der Waals surface area contributed by atoms with Gasteiger partial charge in [-0.05, 0) is 29.3 Å². The summed E-state index contributed by atoms with van der Waals surface area (Å²) in [6, 6.07) is 18.8. The fourth-order valence-electron chi connectivity index (χ4n) is 3.76. The second-order valence-electron chi connectivity index (χ2n) is 8.32. The van der Waals surface area contributed by atoms with Gasteiger partial charge in [0.15, 0.2) is 30.5 Å². The lowest BCUT2D eigenvalue weighted by atomic mass is 10.0. The van der Waals surface area contributed by atoms with Crippen LogP contribution in [0.4, 0.5) is 10.1 Å². The standard InChI is InChI=1S/C25H23FN4O5S2/c1-36(32,33)22-14-21(30(29-22)18-10-6-7-16(13-18)15-27)25(31)28-20-12-11-19(17-8-4-3-5-9-17)24(23(20)26)37(2,34)35/h3-14H,15,27H2,1-2H3,(H,28,31). The molecule has 0 saturated carbocycles. The molecule has 9 nitrogen and oxygen atoms in total. The molecular formula is C25H23FN4O5S2. The highest BCUT2D eigenvalue weighted by atomic mass is 32.2. The number of amides is 1. The van der Waals surface area contributed by atoms with Gasteiger partial charge in [0.25, 0.3) is 5.91 Å². The molecule has 1 heterocycles. The van der Waals surface area contributed by atoms with Gasteiger partial charge < -0.3 is 11.1 Å². The first-order valence-electron chi connectivity index (χ1n) is 10.9. The third kappa shape index (κ3) is 5.45. The first kappa shape index (κ1) is 26.2. The monoisotopic (exact) mass is 542 g/mol. The van der Waals surface area contributed by atoms with Crippen molar-refractivity contribution in [1.29, 1.82) is 0 Å². The van der Waals surface area contributed by atoms with E-state index in [1.165, 1.54) is 12.1 Å². The predicted molar refractivity (Wildman–Crippen MR) is 137 cm³/mol. The lowest BCUT2D eigenvalue weighted by Crippen LogP contribution is -2.19. The van der Waals surface area contributed by atoms with Gasteiger partial charge in [-0.3, -0.25) is 4.79 Å². The van der Waals surface area contributed by atoms with Crippen molar-refractivity contribution in [3.8, 4) is 16.8 Å². The van der Waals surface area contributed by atoms with E-state index < -0.39 is 42.0 Å². The summed E-state index contributed by atoms with van der Waals surface area (Å²) < 4.78 is 66.1. The molecule has 1 aromatic heterocycles. The van der Waals surface area contributed by atoms with Crippen LogP contribution in [-0.2, 0) is 26.2 Å². The van der Waals surface area contributed by atoms with Crippen LogP contribution in [-0.4, -0.2) is 45.0 Å². The highest BCUT2D eigenvalue weighted by molar-refractivity contribution is 7.91. The van der Waals surface area contributed by atoms with Crippen molar-refractivity contribution in [2.24, 2.45) is 5.73 Å². The summed E-state index contributed by atoms with van der Waals surface area (Å²) in [5.41, 5.74) is 6.79. The van der Waals surface area contributed by atoms with Crippen LogP contribution in [0.15, 0.2) is 82.7 Å². The lowest BCUT2D eigenvalue weighted by Gasteiger charge is -2.14. The average Bonchev–Trinajstić information content (AvgIpc) is 3.31. The molecule has 0 atom stereocenters. The number of nitrogens with one attached hydrogen (secondary N) is 1. The number of sulfone groups is 2. The van der Waals surface area contributed by atoms with Crippen LogP contribution in [0, 0.1) is 5.82 Å². The number of anilines is 1. The quantitative estimate of drug-likeness (QED) is 0.365. The van der Waals surface area contributed by atoms with Gasteiger partial charge in [0.05, 0.1) is 11.4 Å². The third-order valence-electron chi connectivity index (χ3n) is 5.49. The van der Waals surface area contributed by atoms with Crippen molar-refractivity contribution in [2.45, 2.75) is 16.5 Å². The fraction of sp³-hybridized carbons (Fsp3) is 0.120. The van der Waals surface area contributed by atoms with E-state index in [-0.39, 0.29) is 22.8 Å². The Labute approximate surface area is 213 Å². The van der Waals surface area contributed by atoms with Crippen molar-refractivity contribution in [2.75, 3.05) is 17.8 Å². The number of hydrogen-bond donors (Lipinski definition) is 2. The average molecular weight is 543 g/mol. The number of nitrogens with zero attached hydrogens (tertiary/aromatic N) is 2. The molecule has 37 heavy (non-hydrogen) atoms. The van der Waals surface area contributed by atoms with E-state index in [9.17, 15) is 21.6 Å². The molecule has 0 spiro atoms. The molecule has 4 aromatic rings. The van der Waals surface area contributed by atoms with E-state index in [0.717, 1.165) is 23.3 Å². The highest BCUT2D eigenvalue weighted by Gasteiger charge is 2.26. The van der Waals surface area contributed by atoms with Crippen molar-refractivity contribution in [3.05, 3.63) is 89.9 Å². The Morgan fingerprint density at radius 2 is 1.65 bits per heavy atom. The first-order valence-corrected chi connectivity index (χ1v) is 14.7. The van der Waals surface area contributed by atoms with Gasteiger partial charge in [-0.2, -0.15) is 5.10 Å². The van der Waals surface area contributed by atoms with E-state index >= 15 is 4.39 Å². The van der Waals surface area contributed by atoms with Gasteiger partial charge in [0, 0.05) is 30.7 Å². The highest BCUT2D eigenvalue weighted by Crippen LogP contribution is 2.33. The molecular weight excluding hydrogens is 519 g/mol. The number of rotatable bonds is 7. The molecule has 192 valence electrons. The third-order valence-corrected chi connectivity index (χ3v) is 7.59. The lowest BCUT2D eigenvalue weighted by molar-refractivity contribution is 0.101. The van der Waals surface area contributed by atoms with Gasteiger partial charge in [0.2, 0.25) is 0 Å². The molecule has 0 unspecified atom stereocenters. The molecule has 0 radical (unpaired) electrons. The molecule has 0 fully saturated rings. The number of hydrogen-bond acceptors (Lipinski definition) is 7. The molecule has 0 saturated heterocycles. The fourth-order valence-corrected chi connectivity index (χ4v) is 5.34. The molecule has 3 N–H and O–H groups in total. The summed E-state index contributed by atoms with van der Waals surface area (Å²) in [4.78, 5) is 12.7. The molecule has 12 heteroatoms. The van der Waals surface area contributed by atoms with Crippen molar-refractivity contribution < 1.29 is 26.0 Å². The minimum Gasteiger partial charge on any atom is -0.326 e. The number of aromatic nitrogens is 2. The van der Waals surface area contributed by atoms with Crippen LogP contribution in [0.25, 0.3) is 16.8 Å². The summed E-state index contributed by atoms with van der Waals surface area (Å²) >= 11 is 0. The van der Waals surface area contributed by atoms with Gasteiger partial charge in [-0.1, -0.05) is 48.5 Å². The zero-order valence-electron chi connectivity index (χ0n) is 19.8. The van der Waals surface area contributed by atoms with E-state index in [4.69, 9.17) is 5.73 Å². The van der Waals surface area contributed by atoms with Crippen LogP contribution >= 0.6 is 0 Å². The Bertz CT molecular complexity index is 1720. The SMILES string of the molecule is CS(=O)(=O)c1cc(C(=O)Nc2ccc(-c3ccccc3)c(S(C)(=O)=O)c2F)n(-c2cccc(CN)c2)n1. The molecule has 0 aliphatic heterocycles. The topological polar surface area (TPSA) is 141 Å². The second kappa shape index (κ2) is 9.88. The molecule has 0 bridgehead atoms. The molecule has 0 aliphatic carbocycles. The minimum absolute atomic E-state index is 0.140. The van der Waals surface area contributed by atoms with Crippen LogP contribution in [0.5, 0.6) is 0 Å². The van der Waals surface area contributed by atoms with Crippen LogP contribution < -0.4 is 11.1 Å². The van der Waals surface area contributed by atoms with Crippen molar-refractivity contribution >= 4 is 31.3 Å². The number of carbonyl (C=O) groups is 1. The van der Waals surface area contributed by atoms with Crippen molar-refractivity contribution in [1.82, 2.24) is 9.78 Å². The Morgan fingerprint density at radius 3 is 2.27 bits per heavy atom. The molecule has 3 aromatic carbocycles. The normalized spacial score (nSPS) is 11.9. The van der Waals surface area contributed by atoms with Crippen LogP contribution in [0.3, 0.4) is 0 Å². The number of carbonyl (C=O) groups excluding carboxylic acids is 1. The second-order valence-corrected chi connectivity index (χ2v) is 12.2. The molecule has 1 amide bonds. The Morgan fingerprint density at radius 1 is 0.946 bits per heavy atom. The minimum atomic E-state index is -4.04. The van der Waals surface area contributed by atoms with Gasteiger partial charge in [0.1, 0.15) is 10.6 Å². The maximum absolute atomic E-state index is 15.6. The summed E-state index contributed by atoms with van der Waals surface area (Å²) in [6.07, 6.45) is 1.82. The van der Waals surface area contributed by atoms with E-state index in [1.807, 2.05) is 0 Å². The zero-order chi connectivity index (χ0) is 27.0. The maximum Gasteiger partial charge on any atom is 0.274 e. The Hall–Kier alpha value is -3.87. The Balaban J connectivity index is 1.82. The van der Waals surface area contributed by atoms with E-state index in [2.05, 4.69) is 10.4 Å². The first-order chi connectivity index (χ1) is 17.4. The Kier molecular flexibility index (Phi) is 7.00. The summed E-state index contributed by atoms with van der Waals surface area (Å²) in [6.45, 7) is 0.197. The van der Waals surface area contributed by atoms with Gasteiger partial charge in [-0.15, -0.1) is 0 Å². The molecule has 4 rings (SSSR count). The van der Waals surface area contributed by atoms with Gasteiger partial charge in [-0.25, -0.2) is 25.9 Å². The van der Waals surface area contributed by atoms with Gasteiger partial charge >= 0.3 is 0 Å². The van der Waals surface area contributed by atoms with E-state index in [0.29, 0.717) is 16.8 Å². The summed E-state index contributed by atoms with van der Waals surface area (Å²) in [5, 5.41) is 6.05. The largest absolute Gasteiger partial charge is 0.326 e. The van der Waals surface area contributed by atoms with E-state index in [1.54, 1.807) is 54.6 Å². The zero-order valence-corrected chi connectivity index (χ0v) is 21.5. The summed E-state index contributed by atoms with van der Waals surface area (Å²) in [7, 11) is -7.84. The number of benzene rings is 3. The van der Waals surface area contributed by atoms with Crippen LogP contribution in [0.2, 0.25) is 0 Å². The summed E-state index contributed by atoms with van der Waals surface area (Å²) in [5.74, 6) is -2.04. The predicted octanol–water partition coefficient (Wildman–Crippen LogP) is 3.20. The number of halogens is 1. The van der Waals surface area contributed by atoms with Crippen LogP contribution in [0.1, 0.15) is 16.1 Å². The van der Waals surface area contributed by atoms with Crippen molar-refractivity contribution in [3.63, 3.8) is 0 Å². The maximum atomic E-state index is 15.6. The molecule has 0 aliphatic rings. The number of nitrogens with two attached hydrogens (primary N) is 1. The smallest absolute Gasteiger partial charge is 0.274 e.